The maximum atomic E-state index is 12.5. The van der Waals surface area contributed by atoms with Crippen molar-refractivity contribution < 1.29 is 22.7 Å². The highest BCUT2D eigenvalue weighted by atomic mass is 35.5. The molecule has 3 N–H and O–H groups in total. The summed E-state index contributed by atoms with van der Waals surface area (Å²) in [5, 5.41) is 17.0. The van der Waals surface area contributed by atoms with Crippen molar-refractivity contribution in [3.63, 3.8) is 0 Å². The van der Waals surface area contributed by atoms with Crippen molar-refractivity contribution in [3.05, 3.63) is 46.4 Å². The first-order valence-electron chi connectivity index (χ1n) is 9.96. The molecule has 0 fully saturated rings. The number of carbonyl (C=O) groups excluding carboxylic acids is 1. The van der Waals surface area contributed by atoms with Crippen LogP contribution in [0.5, 0.6) is 5.75 Å². The van der Waals surface area contributed by atoms with Crippen LogP contribution in [0.25, 0.3) is 0 Å². The highest BCUT2D eigenvalue weighted by Crippen LogP contribution is 2.36. The minimum Gasteiger partial charge on any atom is -0.505 e. The van der Waals surface area contributed by atoms with Crippen LogP contribution in [0, 0.1) is 12.3 Å². The summed E-state index contributed by atoms with van der Waals surface area (Å²) in [4.78, 5) is 13.8. The van der Waals surface area contributed by atoms with Crippen molar-refractivity contribution in [2.24, 2.45) is 14.2 Å². The number of hydrogen-bond acceptors (Lipinski definition) is 7. The predicted octanol–water partition coefficient (Wildman–Crippen LogP) is 3.49. The molecule has 0 spiro atoms. The van der Waals surface area contributed by atoms with Gasteiger partial charge in [0.25, 0.3) is 5.91 Å². The molecule has 0 bridgehead atoms. The van der Waals surface area contributed by atoms with Crippen LogP contribution in [0.15, 0.2) is 37.7 Å². The number of halogens is 1. The van der Waals surface area contributed by atoms with Crippen LogP contribution in [0.4, 0.5) is 5.69 Å². The lowest BCUT2D eigenvalue weighted by Gasteiger charge is -2.30. The van der Waals surface area contributed by atoms with Crippen molar-refractivity contribution >= 4 is 45.1 Å². The number of anilines is 1. The second kappa shape index (κ2) is 8.71. The van der Waals surface area contributed by atoms with Crippen molar-refractivity contribution in [2.45, 2.75) is 33.7 Å². The Balaban J connectivity index is 1.98. The summed E-state index contributed by atoms with van der Waals surface area (Å²) in [6, 6.07) is 4.27. The van der Waals surface area contributed by atoms with E-state index in [-0.39, 0.29) is 28.7 Å². The summed E-state index contributed by atoms with van der Waals surface area (Å²) in [5.41, 5.74) is 0.325. The molecule has 1 aromatic heterocycles. The molecule has 2 aromatic rings. The van der Waals surface area contributed by atoms with Crippen molar-refractivity contribution in [1.29, 1.82) is 0 Å². The van der Waals surface area contributed by atoms with Crippen LogP contribution < -0.4 is 10.6 Å². The lowest BCUT2D eigenvalue weighted by molar-refractivity contribution is 0.0824. The summed E-state index contributed by atoms with van der Waals surface area (Å²) in [6.45, 7) is 7.48. The van der Waals surface area contributed by atoms with Gasteiger partial charge in [0.1, 0.15) is 12.0 Å². The van der Waals surface area contributed by atoms with Crippen molar-refractivity contribution in [3.8, 4) is 5.75 Å². The topological polar surface area (TPSA) is 137 Å². The van der Waals surface area contributed by atoms with Crippen molar-refractivity contribution in [1.82, 2.24) is 10.2 Å². The van der Waals surface area contributed by atoms with E-state index in [1.165, 1.54) is 17.2 Å². The number of hydrogen-bond donors (Lipinski definition) is 3. The quantitative estimate of drug-likeness (QED) is 0.552. The average molecular weight is 496 g/mol. The zero-order chi connectivity index (χ0) is 24.7. The molecule has 33 heavy (non-hydrogen) atoms. The molecule has 3 rings (SSSR count). The van der Waals surface area contributed by atoms with Crippen molar-refractivity contribution in [2.75, 3.05) is 19.4 Å². The fraction of sp³-hybridized carbons (Fsp3) is 0.381. The number of amidine groups is 2. The Hall–Kier alpha value is -3.05. The molecular formula is C21H26ClN5O5S. The van der Waals surface area contributed by atoms with Crippen LogP contribution in [-0.2, 0) is 10.2 Å². The molecule has 0 aliphatic carbocycles. The Labute approximate surface area is 197 Å². The standard InChI is InChI=1S/C21H26ClN5O5S/c1-11-7-8-13(16(28)15(11)20(29)27(5)6)23-18-19(26-33(30,31)25-18)24-17(21(2,3)4)14-9-12(22)10-32-14/h7-10,17,28H,1-6H3,(H,23,25)(H,24,26)/t17-/m0/s1. The molecule has 1 aliphatic rings. The monoisotopic (exact) mass is 495 g/mol. The van der Waals surface area contributed by atoms with Gasteiger partial charge in [0.15, 0.2) is 17.4 Å². The fourth-order valence-corrected chi connectivity index (χ4v) is 4.18. The molecule has 0 saturated heterocycles. The molecular weight excluding hydrogens is 470 g/mol. The van der Waals surface area contributed by atoms with Gasteiger partial charge in [-0.1, -0.05) is 38.4 Å². The number of aromatic hydroxyl groups is 1. The summed E-state index contributed by atoms with van der Waals surface area (Å²) >= 11 is 6.00. The predicted molar refractivity (Wildman–Crippen MR) is 127 cm³/mol. The Kier molecular flexibility index (Phi) is 6.49. The van der Waals surface area contributed by atoms with Crippen LogP contribution >= 0.6 is 11.6 Å². The van der Waals surface area contributed by atoms with E-state index in [1.54, 1.807) is 33.2 Å². The fourth-order valence-electron chi connectivity index (χ4n) is 3.26. The number of furan rings is 1. The SMILES string of the molecule is Cc1ccc(NC2=NS(=O)(=O)N=C2N[C@@H](c2cc(Cl)co2)C(C)(C)C)c(O)c1C(=O)N(C)C. The third-order valence-corrected chi connectivity index (χ3v) is 5.94. The van der Waals surface area contributed by atoms with E-state index in [9.17, 15) is 18.3 Å². The minimum atomic E-state index is -4.16. The molecule has 10 nitrogen and oxygen atoms in total. The first-order chi connectivity index (χ1) is 15.2. The summed E-state index contributed by atoms with van der Waals surface area (Å²) in [5.74, 6) is -0.447. The molecule has 12 heteroatoms. The molecule has 1 aliphatic heterocycles. The van der Waals surface area contributed by atoms with E-state index in [1.807, 2.05) is 20.8 Å². The van der Waals surface area contributed by atoms with Gasteiger partial charge in [0, 0.05) is 20.2 Å². The normalized spacial score (nSPS) is 16.1. The van der Waals surface area contributed by atoms with Gasteiger partial charge in [-0.05, 0) is 24.0 Å². The third kappa shape index (κ3) is 5.31. The third-order valence-electron chi connectivity index (χ3n) is 4.92. The van der Waals surface area contributed by atoms with Gasteiger partial charge < -0.3 is 25.1 Å². The number of amides is 1. The van der Waals surface area contributed by atoms with Gasteiger partial charge in [-0.25, -0.2) is 0 Å². The van der Waals surface area contributed by atoms with E-state index in [0.717, 1.165) is 0 Å². The molecule has 0 radical (unpaired) electrons. The van der Waals surface area contributed by atoms with Gasteiger partial charge in [-0.2, -0.15) is 8.42 Å². The summed E-state index contributed by atoms with van der Waals surface area (Å²) in [7, 11) is -1.02. The zero-order valence-corrected chi connectivity index (χ0v) is 20.7. The number of carbonyl (C=O) groups is 1. The van der Waals surface area contributed by atoms with Crippen LogP contribution in [0.1, 0.15) is 48.5 Å². The number of nitrogens with one attached hydrogen (secondary N) is 2. The number of rotatable bonds is 4. The molecule has 2 heterocycles. The lowest BCUT2D eigenvalue weighted by Crippen LogP contribution is -2.41. The first-order valence-corrected chi connectivity index (χ1v) is 11.7. The van der Waals surface area contributed by atoms with E-state index >= 15 is 0 Å². The largest absolute Gasteiger partial charge is 0.505 e. The molecule has 0 unspecified atom stereocenters. The Bertz CT molecular complexity index is 1260. The lowest BCUT2D eigenvalue weighted by atomic mass is 9.85. The van der Waals surface area contributed by atoms with Crippen LogP contribution in [-0.4, -0.2) is 50.1 Å². The zero-order valence-electron chi connectivity index (χ0n) is 19.1. The van der Waals surface area contributed by atoms with Gasteiger partial charge >= 0.3 is 10.2 Å². The summed E-state index contributed by atoms with van der Waals surface area (Å²) in [6.07, 6.45) is 1.38. The minimum absolute atomic E-state index is 0.0668. The average Bonchev–Trinajstić information content (AvgIpc) is 3.22. The van der Waals surface area contributed by atoms with E-state index in [2.05, 4.69) is 19.4 Å². The number of benzene rings is 1. The molecule has 1 atom stereocenters. The Morgan fingerprint density at radius 1 is 1.21 bits per heavy atom. The summed E-state index contributed by atoms with van der Waals surface area (Å²) < 4.78 is 37.3. The first kappa shape index (κ1) is 24.6. The highest BCUT2D eigenvalue weighted by molar-refractivity contribution is 7.89. The van der Waals surface area contributed by atoms with E-state index < -0.39 is 27.6 Å². The van der Waals surface area contributed by atoms with E-state index in [4.69, 9.17) is 16.0 Å². The molecule has 1 amide bonds. The molecule has 178 valence electrons. The highest BCUT2D eigenvalue weighted by Gasteiger charge is 2.34. The molecule has 1 aromatic carbocycles. The number of nitrogens with zero attached hydrogens (tertiary/aromatic N) is 3. The Morgan fingerprint density at radius 3 is 2.39 bits per heavy atom. The number of aryl methyl sites for hydroxylation is 1. The van der Waals surface area contributed by atoms with Gasteiger partial charge in [0.05, 0.1) is 22.3 Å². The smallest absolute Gasteiger partial charge is 0.367 e. The molecule has 0 saturated carbocycles. The van der Waals surface area contributed by atoms with Gasteiger partial charge in [-0.3, -0.25) is 4.79 Å². The van der Waals surface area contributed by atoms with Gasteiger partial charge in [-0.15, -0.1) is 8.80 Å². The Morgan fingerprint density at radius 2 is 1.85 bits per heavy atom. The van der Waals surface area contributed by atoms with E-state index in [0.29, 0.717) is 16.3 Å². The van der Waals surface area contributed by atoms with Crippen LogP contribution in [0.2, 0.25) is 5.02 Å². The number of phenolic OH excluding ortho intramolecular Hbond substituents is 1. The van der Waals surface area contributed by atoms with Gasteiger partial charge in [0.2, 0.25) is 0 Å². The van der Waals surface area contributed by atoms with Crippen LogP contribution in [0.3, 0.4) is 0 Å². The maximum absolute atomic E-state index is 12.5. The maximum Gasteiger partial charge on any atom is 0.367 e. The second-order valence-electron chi connectivity index (χ2n) is 8.92. The second-order valence-corrected chi connectivity index (χ2v) is 10.6. The number of phenols is 1.